The summed E-state index contributed by atoms with van der Waals surface area (Å²) < 4.78 is 12.7. The lowest BCUT2D eigenvalue weighted by Crippen LogP contribution is -2.10. The molecular formula is C13H18N4O2. The Balaban J connectivity index is 2.20. The number of nitrogens with zero attached hydrogens (tertiary/aromatic N) is 3. The van der Waals surface area contributed by atoms with Crippen molar-refractivity contribution in [2.24, 2.45) is 12.8 Å². The lowest BCUT2D eigenvalue weighted by atomic mass is 10.1. The van der Waals surface area contributed by atoms with E-state index in [1.807, 2.05) is 32.2 Å². The second kappa shape index (κ2) is 5.71. The maximum absolute atomic E-state index is 5.93. The van der Waals surface area contributed by atoms with Gasteiger partial charge in [0.2, 0.25) is 0 Å². The van der Waals surface area contributed by atoms with Crippen LogP contribution in [0.2, 0.25) is 0 Å². The number of ether oxygens (including phenoxy) is 2. The number of methoxy groups -OCH3 is 1. The van der Waals surface area contributed by atoms with Crippen LogP contribution in [0, 0.1) is 0 Å². The minimum atomic E-state index is -0.111. The van der Waals surface area contributed by atoms with E-state index in [1.165, 1.54) is 6.33 Å². The summed E-state index contributed by atoms with van der Waals surface area (Å²) in [6.07, 6.45) is 1.50. The van der Waals surface area contributed by atoms with E-state index in [4.69, 9.17) is 15.2 Å². The van der Waals surface area contributed by atoms with Gasteiger partial charge in [-0.3, -0.25) is 4.68 Å². The molecule has 1 atom stereocenters. The van der Waals surface area contributed by atoms with Crippen molar-refractivity contribution >= 4 is 0 Å². The van der Waals surface area contributed by atoms with Gasteiger partial charge < -0.3 is 15.2 Å². The molecule has 0 aliphatic rings. The second-order valence-electron chi connectivity index (χ2n) is 4.28. The van der Waals surface area contributed by atoms with Crippen molar-refractivity contribution in [1.82, 2.24) is 14.8 Å². The fourth-order valence-corrected chi connectivity index (χ4v) is 1.74. The molecule has 0 fully saturated rings. The van der Waals surface area contributed by atoms with Gasteiger partial charge in [-0.25, -0.2) is 4.98 Å². The predicted octanol–water partition coefficient (Wildman–Crippen LogP) is 1.42. The Kier molecular flexibility index (Phi) is 4.01. The number of hydrogen-bond donors (Lipinski definition) is 1. The van der Waals surface area contributed by atoms with Crippen LogP contribution in [0.25, 0.3) is 0 Å². The fraction of sp³-hybridized carbons (Fsp3) is 0.385. The average Bonchev–Trinajstić information content (AvgIpc) is 2.81. The van der Waals surface area contributed by atoms with E-state index in [0.29, 0.717) is 12.4 Å². The lowest BCUT2D eigenvalue weighted by molar-refractivity contribution is 0.283. The zero-order chi connectivity index (χ0) is 13.8. The summed E-state index contributed by atoms with van der Waals surface area (Å²) in [5, 5.41) is 4.00. The Labute approximate surface area is 112 Å². The number of hydrogen-bond acceptors (Lipinski definition) is 5. The Hall–Kier alpha value is -2.08. The van der Waals surface area contributed by atoms with Gasteiger partial charge in [0, 0.05) is 24.7 Å². The van der Waals surface area contributed by atoms with Crippen LogP contribution in [-0.2, 0) is 13.7 Å². The number of nitrogens with two attached hydrogens (primary N) is 1. The highest BCUT2D eigenvalue weighted by molar-refractivity contribution is 5.42. The molecule has 2 aromatic rings. The molecule has 1 heterocycles. The second-order valence-corrected chi connectivity index (χ2v) is 4.28. The SMILES string of the molecule is COc1ccc([C@H](C)N)c(OCc2ncnn2C)c1. The van der Waals surface area contributed by atoms with Crippen LogP contribution in [-0.4, -0.2) is 21.9 Å². The molecule has 0 bridgehead atoms. The van der Waals surface area contributed by atoms with Gasteiger partial charge >= 0.3 is 0 Å². The molecule has 0 aliphatic carbocycles. The van der Waals surface area contributed by atoms with E-state index in [0.717, 1.165) is 17.1 Å². The summed E-state index contributed by atoms with van der Waals surface area (Å²) in [4.78, 5) is 4.11. The van der Waals surface area contributed by atoms with Crippen molar-refractivity contribution in [2.45, 2.75) is 19.6 Å². The summed E-state index contributed by atoms with van der Waals surface area (Å²) in [6.45, 7) is 2.25. The van der Waals surface area contributed by atoms with Crippen LogP contribution in [0.1, 0.15) is 24.4 Å². The highest BCUT2D eigenvalue weighted by Gasteiger charge is 2.11. The number of benzene rings is 1. The number of aryl methyl sites for hydroxylation is 1. The van der Waals surface area contributed by atoms with Gasteiger partial charge in [0.05, 0.1) is 7.11 Å². The van der Waals surface area contributed by atoms with Crippen molar-refractivity contribution in [2.75, 3.05) is 7.11 Å². The van der Waals surface area contributed by atoms with Gasteiger partial charge in [-0.2, -0.15) is 5.10 Å². The normalized spacial score (nSPS) is 12.2. The average molecular weight is 262 g/mol. The molecule has 102 valence electrons. The van der Waals surface area contributed by atoms with E-state index in [1.54, 1.807) is 11.8 Å². The highest BCUT2D eigenvalue weighted by atomic mass is 16.5. The molecule has 0 aliphatic heterocycles. The van der Waals surface area contributed by atoms with Crippen molar-refractivity contribution in [3.63, 3.8) is 0 Å². The van der Waals surface area contributed by atoms with E-state index in [9.17, 15) is 0 Å². The monoisotopic (exact) mass is 262 g/mol. The molecule has 0 amide bonds. The van der Waals surface area contributed by atoms with Gasteiger partial charge in [-0.05, 0) is 13.0 Å². The molecule has 0 unspecified atom stereocenters. The smallest absolute Gasteiger partial charge is 0.164 e. The van der Waals surface area contributed by atoms with Gasteiger partial charge in [-0.15, -0.1) is 0 Å². The Morgan fingerprint density at radius 2 is 2.21 bits per heavy atom. The molecule has 0 saturated carbocycles. The number of rotatable bonds is 5. The van der Waals surface area contributed by atoms with Crippen LogP contribution in [0.15, 0.2) is 24.5 Å². The first-order valence-corrected chi connectivity index (χ1v) is 6.01. The van der Waals surface area contributed by atoms with Crippen molar-refractivity contribution in [3.05, 3.63) is 35.9 Å². The van der Waals surface area contributed by atoms with Gasteiger partial charge in [0.25, 0.3) is 0 Å². The molecule has 2 N–H and O–H groups in total. The van der Waals surface area contributed by atoms with Crippen LogP contribution < -0.4 is 15.2 Å². The first-order valence-electron chi connectivity index (χ1n) is 6.01. The van der Waals surface area contributed by atoms with E-state index in [-0.39, 0.29) is 6.04 Å². The Bertz CT molecular complexity index is 551. The molecule has 0 saturated heterocycles. The van der Waals surface area contributed by atoms with Gasteiger partial charge in [-0.1, -0.05) is 6.07 Å². The van der Waals surface area contributed by atoms with E-state index >= 15 is 0 Å². The summed E-state index contributed by atoms with van der Waals surface area (Å²) in [5.74, 6) is 2.19. The third-order valence-electron chi connectivity index (χ3n) is 2.87. The largest absolute Gasteiger partial charge is 0.497 e. The summed E-state index contributed by atoms with van der Waals surface area (Å²) in [6, 6.07) is 5.50. The zero-order valence-electron chi connectivity index (χ0n) is 11.3. The van der Waals surface area contributed by atoms with Crippen LogP contribution in [0.5, 0.6) is 11.5 Å². The summed E-state index contributed by atoms with van der Waals surface area (Å²) in [5.41, 5.74) is 6.86. The van der Waals surface area contributed by atoms with Crippen molar-refractivity contribution in [3.8, 4) is 11.5 Å². The summed E-state index contributed by atoms with van der Waals surface area (Å²) >= 11 is 0. The lowest BCUT2D eigenvalue weighted by Gasteiger charge is -2.15. The van der Waals surface area contributed by atoms with E-state index < -0.39 is 0 Å². The quantitative estimate of drug-likeness (QED) is 0.882. The first kappa shape index (κ1) is 13.4. The topological polar surface area (TPSA) is 75.2 Å². The van der Waals surface area contributed by atoms with Crippen LogP contribution in [0.3, 0.4) is 0 Å². The molecule has 0 spiro atoms. The third-order valence-corrected chi connectivity index (χ3v) is 2.87. The fourth-order valence-electron chi connectivity index (χ4n) is 1.74. The summed E-state index contributed by atoms with van der Waals surface area (Å²) in [7, 11) is 3.44. The maximum atomic E-state index is 5.93. The molecule has 1 aromatic carbocycles. The Morgan fingerprint density at radius 3 is 2.79 bits per heavy atom. The number of aromatic nitrogens is 3. The molecular weight excluding hydrogens is 244 g/mol. The maximum Gasteiger partial charge on any atom is 0.164 e. The molecule has 2 rings (SSSR count). The minimum Gasteiger partial charge on any atom is -0.497 e. The van der Waals surface area contributed by atoms with Crippen LogP contribution in [0.4, 0.5) is 0 Å². The Morgan fingerprint density at radius 1 is 1.42 bits per heavy atom. The van der Waals surface area contributed by atoms with Crippen LogP contribution >= 0.6 is 0 Å². The van der Waals surface area contributed by atoms with Crippen molar-refractivity contribution in [1.29, 1.82) is 0 Å². The molecule has 6 heteroatoms. The minimum absolute atomic E-state index is 0.111. The molecule has 6 nitrogen and oxygen atoms in total. The zero-order valence-corrected chi connectivity index (χ0v) is 11.3. The molecule has 1 aromatic heterocycles. The van der Waals surface area contributed by atoms with E-state index in [2.05, 4.69) is 10.1 Å². The molecule has 19 heavy (non-hydrogen) atoms. The first-order chi connectivity index (χ1) is 9.11. The van der Waals surface area contributed by atoms with Gasteiger partial charge in [0.15, 0.2) is 5.82 Å². The van der Waals surface area contributed by atoms with Crippen molar-refractivity contribution < 1.29 is 9.47 Å². The van der Waals surface area contributed by atoms with Gasteiger partial charge in [0.1, 0.15) is 24.4 Å². The molecule has 0 radical (unpaired) electrons. The third kappa shape index (κ3) is 3.03. The highest BCUT2D eigenvalue weighted by Crippen LogP contribution is 2.29. The predicted molar refractivity (Wildman–Crippen MR) is 70.9 cm³/mol. The standard InChI is InChI=1S/C13H18N4O2/c1-9(14)11-5-4-10(18-3)6-12(11)19-7-13-15-8-16-17(13)2/h4-6,8-9H,7,14H2,1-3H3/t9-/m0/s1.